The van der Waals surface area contributed by atoms with E-state index in [9.17, 15) is 4.79 Å². The molecule has 0 N–H and O–H groups in total. The van der Waals surface area contributed by atoms with Gasteiger partial charge in [-0.3, -0.25) is 4.79 Å². The fraction of sp³-hybridized carbons (Fsp3) is 0.409. The summed E-state index contributed by atoms with van der Waals surface area (Å²) in [6.07, 6.45) is 0.929. The van der Waals surface area contributed by atoms with E-state index in [4.69, 9.17) is 23.2 Å². The fourth-order valence-corrected chi connectivity index (χ4v) is 6.00. The lowest BCUT2D eigenvalue weighted by molar-refractivity contribution is -0.131. The van der Waals surface area contributed by atoms with E-state index in [1.165, 1.54) is 22.2 Å². The minimum atomic E-state index is -0.260. The molecule has 0 saturated heterocycles. The summed E-state index contributed by atoms with van der Waals surface area (Å²) >= 11 is 15.7. The third kappa shape index (κ3) is 4.95. The van der Waals surface area contributed by atoms with Crippen LogP contribution in [0.3, 0.4) is 0 Å². The summed E-state index contributed by atoms with van der Waals surface area (Å²) in [6.45, 7) is 8.41. The standard InChI is InChI=1S/C22H24Cl2N4OS2/c1-13(2)11-28-20(17-5-4-16(23)10-18(17)24)25-26-22(28)31-14(3)21(29)27-8-6-19-15(12-27)7-9-30-19/h4-5,7,9-10,13-14H,6,8,11-12H2,1-3H3. The molecule has 1 atom stereocenters. The second-order valence-electron chi connectivity index (χ2n) is 8.07. The molecule has 3 aromatic rings. The summed E-state index contributed by atoms with van der Waals surface area (Å²) in [7, 11) is 0. The number of rotatable bonds is 6. The van der Waals surface area contributed by atoms with Gasteiger partial charge in [-0.1, -0.05) is 48.8 Å². The Kier molecular flexibility index (Phi) is 6.96. The van der Waals surface area contributed by atoms with Gasteiger partial charge >= 0.3 is 0 Å². The maximum Gasteiger partial charge on any atom is 0.236 e. The quantitative estimate of drug-likeness (QED) is 0.392. The summed E-state index contributed by atoms with van der Waals surface area (Å²) in [5, 5.41) is 12.5. The lowest BCUT2D eigenvalue weighted by Crippen LogP contribution is -2.39. The van der Waals surface area contributed by atoms with Gasteiger partial charge in [0.1, 0.15) is 0 Å². The van der Waals surface area contributed by atoms with Gasteiger partial charge in [-0.25, -0.2) is 0 Å². The van der Waals surface area contributed by atoms with Crippen LogP contribution < -0.4 is 0 Å². The number of benzene rings is 1. The molecule has 5 nitrogen and oxygen atoms in total. The molecule has 9 heteroatoms. The Morgan fingerprint density at radius 3 is 2.77 bits per heavy atom. The number of aromatic nitrogens is 3. The number of thiophene rings is 1. The van der Waals surface area contributed by atoms with Gasteiger partial charge in [-0.15, -0.1) is 21.5 Å². The van der Waals surface area contributed by atoms with Gasteiger partial charge in [-0.05, 0) is 54.5 Å². The van der Waals surface area contributed by atoms with Crippen LogP contribution in [-0.2, 0) is 24.3 Å². The molecule has 1 aliphatic rings. The fourth-order valence-electron chi connectivity index (χ4n) is 3.68. The first kappa shape index (κ1) is 22.6. The third-order valence-corrected chi connectivity index (χ3v) is 7.82. The topological polar surface area (TPSA) is 51.0 Å². The lowest BCUT2D eigenvalue weighted by atomic mass is 10.1. The average molecular weight is 496 g/mol. The maximum absolute atomic E-state index is 13.2. The van der Waals surface area contributed by atoms with E-state index in [1.807, 2.05) is 17.9 Å². The Morgan fingerprint density at radius 1 is 1.23 bits per heavy atom. The van der Waals surface area contributed by atoms with Crippen LogP contribution in [0.25, 0.3) is 11.4 Å². The van der Waals surface area contributed by atoms with Crippen LogP contribution in [0, 0.1) is 5.92 Å². The summed E-state index contributed by atoms with van der Waals surface area (Å²) in [4.78, 5) is 16.5. The van der Waals surface area contributed by atoms with Crippen molar-refractivity contribution in [1.82, 2.24) is 19.7 Å². The zero-order valence-corrected chi connectivity index (χ0v) is 20.8. The molecular weight excluding hydrogens is 471 g/mol. The lowest BCUT2D eigenvalue weighted by Gasteiger charge is -2.29. The first-order chi connectivity index (χ1) is 14.8. The van der Waals surface area contributed by atoms with Crippen molar-refractivity contribution in [3.05, 3.63) is 50.1 Å². The molecule has 1 aliphatic heterocycles. The van der Waals surface area contributed by atoms with Crippen molar-refractivity contribution >= 4 is 52.2 Å². The largest absolute Gasteiger partial charge is 0.337 e. The molecule has 3 heterocycles. The Morgan fingerprint density at radius 2 is 2.03 bits per heavy atom. The highest BCUT2D eigenvalue weighted by molar-refractivity contribution is 8.00. The molecular formula is C22H24Cl2N4OS2. The molecule has 0 saturated carbocycles. The minimum Gasteiger partial charge on any atom is -0.337 e. The smallest absolute Gasteiger partial charge is 0.236 e. The number of carbonyl (C=O) groups is 1. The zero-order valence-electron chi connectivity index (χ0n) is 17.6. The van der Waals surface area contributed by atoms with Crippen LogP contribution in [0.15, 0.2) is 34.8 Å². The van der Waals surface area contributed by atoms with Gasteiger partial charge in [0, 0.05) is 35.1 Å². The number of hydrogen-bond donors (Lipinski definition) is 0. The summed E-state index contributed by atoms with van der Waals surface area (Å²) in [6, 6.07) is 7.49. The first-order valence-electron chi connectivity index (χ1n) is 10.2. The van der Waals surface area contributed by atoms with Gasteiger partial charge in [0.05, 0.1) is 10.3 Å². The highest BCUT2D eigenvalue weighted by Crippen LogP contribution is 2.34. The van der Waals surface area contributed by atoms with Crippen molar-refractivity contribution in [1.29, 1.82) is 0 Å². The number of nitrogens with zero attached hydrogens (tertiary/aromatic N) is 4. The van der Waals surface area contributed by atoms with Gasteiger partial charge in [0.25, 0.3) is 0 Å². The number of fused-ring (bicyclic) bond motifs is 1. The molecule has 31 heavy (non-hydrogen) atoms. The Hall–Kier alpha value is -1.54. The van der Waals surface area contributed by atoms with Crippen molar-refractivity contribution in [2.45, 2.75) is 50.7 Å². The van der Waals surface area contributed by atoms with Crippen LogP contribution in [0.4, 0.5) is 0 Å². The minimum absolute atomic E-state index is 0.132. The number of hydrogen-bond acceptors (Lipinski definition) is 5. The Balaban J connectivity index is 1.56. The van der Waals surface area contributed by atoms with Gasteiger partial charge in [0.2, 0.25) is 5.91 Å². The van der Waals surface area contributed by atoms with Gasteiger partial charge in [0.15, 0.2) is 11.0 Å². The predicted molar refractivity (Wildman–Crippen MR) is 129 cm³/mol. The van der Waals surface area contributed by atoms with Crippen LogP contribution in [-0.4, -0.2) is 37.4 Å². The highest BCUT2D eigenvalue weighted by atomic mass is 35.5. The number of halogens is 2. The normalized spacial score (nSPS) is 14.7. The molecule has 4 rings (SSSR count). The van der Waals surface area contributed by atoms with E-state index >= 15 is 0 Å². The molecule has 0 fully saturated rings. The number of thioether (sulfide) groups is 1. The van der Waals surface area contributed by atoms with E-state index in [1.54, 1.807) is 23.5 Å². The molecule has 0 aliphatic carbocycles. The average Bonchev–Trinajstić information content (AvgIpc) is 3.34. The zero-order chi connectivity index (χ0) is 22.1. The molecule has 164 valence electrons. The number of amides is 1. The summed E-state index contributed by atoms with van der Waals surface area (Å²) in [5.41, 5.74) is 2.05. The maximum atomic E-state index is 13.2. The molecule has 1 aromatic carbocycles. The number of carbonyl (C=O) groups excluding carboxylic acids is 1. The van der Waals surface area contributed by atoms with E-state index in [0.29, 0.717) is 28.3 Å². The van der Waals surface area contributed by atoms with E-state index in [-0.39, 0.29) is 11.2 Å². The molecule has 0 spiro atoms. The second-order valence-corrected chi connectivity index (χ2v) is 11.2. The van der Waals surface area contributed by atoms with Crippen molar-refractivity contribution < 1.29 is 4.79 Å². The van der Waals surface area contributed by atoms with E-state index < -0.39 is 0 Å². The molecule has 2 aromatic heterocycles. The second kappa shape index (κ2) is 9.53. The highest BCUT2D eigenvalue weighted by Gasteiger charge is 2.28. The van der Waals surface area contributed by atoms with E-state index in [2.05, 4.69) is 40.1 Å². The Bertz CT molecular complexity index is 1100. The van der Waals surface area contributed by atoms with Gasteiger partial charge in [-0.2, -0.15) is 0 Å². The Labute approximate surface area is 200 Å². The van der Waals surface area contributed by atoms with Crippen molar-refractivity contribution in [2.24, 2.45) is 5.92 Å². The van der Waals surface area contributed by atoms with Crippen LogP contribution in [0.5, 0.6) is 0 Å². The van der Waals surface area contributed by atoms with Crippen LogP contribution in [0.2, 0.25) is 10.0 Å². The monoisotopic (exact) mass is 494 g/mol. The molecule has 0 radical (unpaired) electrons. The predicted octanol–water partition coefficient (Wildman–Crippen LogP) is 6.03. The summed E-state index contributed by atoms with van der Waals surface area (Å²) in [5.74, 6) is 1.20. The molecule has 0 bridgehead atoms. The van der Waals surface area contributed by atoms with E-state index in [0.717, 1.165) is 30.2 Å². The van der Waals surface area contributed by atoms with Crippen LogP contribution in [0.1, 0.15) is 31.2 Å². The van der Waals surface area contributed by atoms with Crippen molar-refractivity contribution in [3.63, 3.8) is 0 Å². The molecule has 1 amide bonds. The van der Waals surface area contributed by atoms with Gasteiger partial charge < -0.3 is 9.47 Å². The third-order valence-electron chi connectivity index (χ3n) is 5.19. The SMILES string of the molecule is CC(C)Cn1c(SC(C)C(=O)N2CCc3sccc3C2)nnc1-c1ccc(Cl)cc1Cl. The van der Waals surface area contributed by atoms with Crippen molar-refractivity contribution in [2.75, 3.05) is 6.54 Å². The van der Waals surface area contributed by atoms with Crippen molar-refractivity contribution in [3.8, 4) is 11.4 Å². The summed E-state index contributed by atoms with van der Waals surface area (Å²) < 4.78 is 2.06. The molecule has 1 unspecified atom stereocenters. The van der Waals surface area contributed by atoms with Crippen LogP contribution >= 0.6 is 46.3 Å². The first-order valence-corrected chi connectivity index (χ1v) is 12.7.